The second kappa shape index (κ2) is 5.06. The molecule has 0 N–H and O–H groups in total. The van der Waals surface area contributed by atoms with Gasteiger partial charge in [-0.05, 0) is 59.0 Å². The molecule has 2 unspecified atom stereocenters. The van der Waals surface area contributed by atoms with E-state index in [0.717, 1.165) is 35.9 Å². The summed E-state index contributed by atoms with van der Waals surface area (Å²) < 4.78 is 12.4. The Morgan fingerprint density at radius 2 is 2.33 bits per heavy atom. The average Bonchev–Trinajstić information content (AvgIpc) is 2.89. The van der Waals surface area contributed by atoms with Gasteiger partial charge < -0.3 is 9.47 Å². The summed E-state index contributed by atoms with van der Waals surface area (Å²) in [6, 6.07) is 0. The normalized spacial score (nSPS) is 28.6. The number of fused-ring (bicyclic) bond motifs is 1. The first kappa shape index (κ1) is 13.7. The van der Waals surface area contributed by atoms with Crippen molar-refractivity contribution in [3.8, 4) is 0 Å². The van der Waals surface area contributed by atoms with Crippen LogP contribution in [0.4, 0.5) is 0 Å². The van der Waals surface area contributed by atoms with Crippen molar-refractivity contribution in [3.05, 3.63) is 28.0 Å². The van der Waals surface area contributed by atoms with Gasteiger partial charge >= 0.3 is 5.97 Å². The van der Waals surface area contributed by atoms with E-state index in [2.05, 4.69) is 20.9 Å². The molecule has 1 saturated carbocycles. The van der Waals surface area contributed by atoms with E-state index in [1.807, 2.05) is 6.20 Å². The number of carbonyl (C=O) groups is 1. The van der Waals surface area contributed by atoms with E-state index in [4.69, 9.17) is 9.47 Å². The Labute approximate surface area is 132 Å². The molecule has 2 fully saturated rings. The number of pyridine rings is 1. The highest BCUT2D eigenvalue weighted by molar-refractivity contribution is 9.10. The summed E-state index contributed by atoms with van der Waals surface area (Å²) in [6.07, 6.45) is 9.23. The SMILES string of the molecule is O=C(CC1CC2(CC2)CO1)OC1CCc2c(Br)cncc21. The van der Waals surface area contributed by atoms with Crippen molar-refractivity contribution in [1.29, 1.82) is 0 Å². The van der Waals surface area contributed by atoms with Crippen LogP contribution in [0.2, 0.25) is 0 Å². The van der Waals surface area contributed by atoms with E-state index in [0.29, 0.717) is 11.8 Å². The highest BCUT2D eigenvalue weighted by atomic mass is 79.9. The Morgan fingerprint density at radius 1 is 1.48 bits per heavy atom. The van der Waals surface area contributed by atoms with E-state index in [-0.39, 0.29) is 18.2 Å². The summed E-state index contributed by atoms with van der Waals surface area (Å²) in [6.45, 7) is 0.827. The number of hydrogen-bond acceptors (Lipinski definition) is 4. The molecule has 0 amide bonds. The number of carbonyl (C=O) groups excluding carboxylic acids is 1. The molecular weight excluding hydrogens is 334 g/mol. The lowest BCUT2D eigenvalue weighted by atomic mass is 10.0. The molecular formula is C16H18BrNO3. The Kier molecular flexibility index (Phi) is 3.30. The maximum atomic E-state index is 12.1. The van der Waals surface area contributed by atoms with Gasteiger partial charge in [0.2, 0.25) is 0 Å². The maximum Gasteiger partial charge on any atom is 0.309 e. The van der Waals surface area contributed by atoms with Crippen LogP contribution >= 0.6 is 15.9 Å². The second-order valence-corrected chi connectivity index (χ2v) is 7.40. The lowest BCUT2D eigenvalue weighted by Gasteiger charge is -2.15. The Hall–Kier alpha value is -0.940. The van der Waals surface area contributed by atoms with Crippen LogP contribution in [0, 0.1) is 5.41 Å². The molecule has 21 heavy (non-hydrogen) atoms. The van der Waals surface area contributed by atoms with Gasteiger partial charge in [0.15, 0.2) is 0 Å². The zero-order chi connectivity index (χ0) is 14.4. The molecule has 3 aliphatic rings. The summed E-state index contributed by atoms with van der Waals surface area (Å²) in [7, 11) is 0. The molecule has 5 heteroatoms. The highest BCUT2D eigenvalue weighted by Gasteiger charge is 2.49. The van der Waals surface area contributed by atoms with E-state index in [9.17, 15) is 4.79 Å². The molecule has 0 bridgehead atoms. The first-order valence-corrected chi connectivity index (χ1v) is 8.38. The molecule has 1 saturated heterocycles. The van der Waals surface area contributed by atoms with Crippen LogP contribution in [0.25, 0.3) is 0 Å². The predicted molar refractivity (Wildman–Crippen MR) is 79.7 cm³/mol. The van der Waals surface area contributed by atoms with Crippen molar-refractivity contribution < 1.29 is 14.3 Å². The van der Waals surface area contributed by atoms with Crippen LogP contribution in [-0.4, -0.2) is 23.7 Å². The minimum absolute atomic E-state index is 0.0570. The van der Waals surface area contributed by atoms with Crippen LogP contribution in [0.3, 0.4) is 0 Å². The third kappa shape index (κ3) is 2.61. The van der Waals surface area contributed by atoms with Gasteiger partial charge in [-0.15, -0.1) is 0 Å². The van der Waals surface area contributed by atoms with Crippen molar-refractivity contribution >= 4 is 21.9 Å². The molecule has 1 spiro atoms. The zero-order valence-corrected chi connectivity index (χ0v) is 13.4. The third-order valence-electron chi connectivity index (χ3n) is 4.95. The molecule has 1 aromatic heterocycles. The lowest BCUT2D eigenvalue weighted by Crippen LogP contribution is -2.17. The first-order chi connectivity index (χ1) is 10.2. The number of aromatic nitrogens is 1. The van der Waals surface area contributed by atoms with Crippen LogP contribution in [0.5, 0.6) is 0 Å². The van der Waals surface area contributed by atoms with Gasteiger partial charge in [-0.3, -0.25) is 9.78 Å². The highest BCUT2D eigenvalue weighted by Crippen LogP contribution is 2.54. The van der Waals surface area contributed by atoms with Gasteiger partial charge in [0.05, 0.1) is 19.1 Å². The predicted octanol–water partition coefficient (Wildman–Crippen LogP) is 3.33. The average molecular weight is 352 g/mol. The molecule has 4 nitrogen and oxygen atoms in total. The molecule has 0 radical (unpaired) electrons. The van der Waals surface area contributed by atoms with Gasteiger partial charge in [0, 0.05) is 22.4 Å². The topological polar surface area (TPSA) is 48.4 Å². The smallest absolute Gasteiger partial charge is 0.309 e. The Balaban J connectivity index is 1.37. The fraction of sp³-hybridized carbons (Fsp3) is 0.625. The van der Waals surface area contributed by atoms with Crippen molar-refractivity contribution in [3.63, 3.8) is 0 Å². The van der Waals surface area contributed by atoms with E-state index in [1.165, 1.54) is 18.4 Å². The minimum atomic E-state index is -0.145. The molecule has 112 valence electrons. The fourth-order valence-electron chi connectivity index (χ4n) is 3.52. The van der Waals surface area contributed by atoms with Gasteiger partial charge in [-0.2, -0.15) is 0 Å². The molecule has 4 rings (SSSR count). The quantitative estimate of drug-likeness (QED) is 0.783. The summed E-state index contributed by atoms with van der Waals surface area (Å²) in [5.74, 6) is -0.143. The zero-order valence-electron chi connectivity index (χ0n) is 11.8. The molecule has 2 heterocycles. The van der Waals surface area contributed by atoms with Crippen molar-refractivity contribution in [2.75, 3.05) is 6.61 Å². The van der Waals surface area contributed by atoms with Crippen molar-refractivity contribution in [1.82, 2.24) is 4.98 Å². The fourth-order valence-corrected chi connectivity index (χ4v) is 4.06. The number of hydrogen-bond donors (Lipinski definition) is 0. The number of nitrogens with zero attached hydrogens (tertiary/aromatic N) is 1. The molecule has 1 aliphatic heterocycles. The Morgan fingerprint density at radius 3 is 3.10 bits per heavy atom. The number of esters is 1. The summed E-state index contributed by atoms with van der Waals surface area (Å²) in [5, 5.41) is 0. The van der Waals surface area contributed by atoms with Crippen LogP contribution in [0.1, 0.15) is 49.3 Å². The van der Waals surface area contributed by atoms with E-state index >= 15 is 0 Å². The monoisotopic (exact) mass is 351 g/mol. The van der Waals surface area contributed by atoms with E-state index < -0.39 is 0 Å². The van der Waals surface area contributed by atoms with Crippen molar-refractivity contribution in [2.24, 2.45) is 5.41 Å². The van der Waals surface area contributed by atoms with Crippen molar-refractivity contribution in [2.45, 2.75) is 50.7 Å². The second-order valence-electron chi connectivity index (χ2n) is 6.55. The first-order valence-electron chi connectivity index (χ1n) is 7.59. The third-order valence-corrected chi connectivity index (χ3v) is 5.64. The Bertz CT molecular complexity index is 585. The maximum absolute atomic E-state index is 12.1. The van der Waals surface area contributed by atoms with Crippen LogP contribution in [0.15, 0.2) is 16.9 Å². The van der Waals surface area contributed by atoms with Gasteiger partial charge in [0.1, 0.15) is 6.10 Å². The summed E-state index contributed by atoms with van der Waals surface area (Å²) in [5.41, 5.74) is 2.68. The van der Waals surface area contributed by atoms with E-state index in [1.54, 1.807) is 6.20 Å². The molecule has 2 atom stereocenters. The van der Waals surface area contributed by atoms with Gasteiger partial charge in [-0.1, -0.05) is 0 Å². The van der Waals surface area contributed by atoms with Crippen LogP contribution < -0.4 is 0 Å². The minimum Gasteiger partial charge on any atom is -0.457 e. The van der Waals surface area contributed by atoms with Gasteiger partial charge in [0.25, 0.3) is 0 Å². The number of rotatable bonds is 3. The van der Waals surface area contributed by atoms with Gasteiger partial charge in [-0.25, -0.2) is 0 Å². The largest absolute Gasteiger partial charge is 0.457 e. The summed E-state index contributed by atoms with van der Waals surface area (Å²) in [4.78, 5) is 16.3. The molecule has 0 aromatic carbocycles. The van der Waals surface area contributed by atoms with Crippen LogP contribution in [-0.2, 0) is 20.7 Å². The number of ether oxygens (including phenoxy) is 2. The lowest BCUT2D eigenvalue weighted by molar-refractivity contribution is -0.151. The molecule has 2 aliphatic carbocycles. The summed E-state index contributed by atoms with van der Waals surface area (Å²) >= 11 is 3.51. The molecule has 1 aromatic rings. The number of halogens is 1. The standard InChI is InChI=1S/C16H18BrNO3/c17-13-8-18-7-12-11(13)1-2-14(12)21-15(19)5-10-6-16(3-4-16)9-20-10/h7-8,10,14H,1-6,9H2.